The molecule has 3 N–H and O–H groups in total. The normalized spacial score (nSPS) is 11.2. The van der Waals surface area contributed by atoms with Gasteiger partial charge in [0.1, 0.15) is 5.69 Å². The molecule has 0 radical (unpaired) electrons. The van der Waals surface area contributed by atoms with Crippen LogP contribution in [-0.2, 0) is 9.47 Å². The van der Waals surface area contributed by atoms with Crippen LogP contribution in [0, 0.1) is 11.3 Å². The molecule has 0 saturated heterocycles. The zero-order chi connectivity index (χ0) is 16.5. The Morgan fingerprint density at radius 3 is 2.68 bits per heavy atom. The number of nitrogens with two attached hydrogens (primary N) is 1. The van der Waals surface area contributed by atoms with Crippen LogP contribution in [0.1, 0.15) is 29.9 Å². The minimum absolute atomic E-state index is 0.213. The van der Waals surface area contributed by atoms with Crippen molar-refractivity contribution in [3.05, 3.63) is 35.5 Å². The van der Waals surface area contributed by atoms with Gasteiger partial charge in [0.25, 0.3) is 0 Å². The molecule has 1 aromatic carbocycles. The molecule has 0 aliphatic heterocycles. The van der Waals surface area contributed by atoms with Gasteiger partial charge in [0.15, 0.2) is 0 Å². The van der Waals surface area contributed by atoms with E-state index >= 15 is 0 Å². The predicted octanol–water partition coefficient (Wildman–Crippen LogP) is 2.20. The van der Waals surface area contributed by atoms with Gasteiger partial charge in [-0.05, 0) is 38.1 Å². The second-order valence-corrected chi connectivity index (χ2v) is 4.60. The Morgan fingerprint density at radius 2 is 2.18 bits per heavy atom. The first-order chi connectivity index (χ1) is 10.5. The second kappa shape index (κ2) is 8.82. The maximum atomic E-state index is 11.5. The van der Waals surface area contributed by atoms with E-state index in [1.807, 2.05) is 6.92 Å². The molecule has 1 aromatic heterocycles. The highest BCUT2D eigenvalue weighted by Crippen LogP contribution is 2.17. The number of ether oxygens (including phenoxy) is 2. The summed E-state index contributed by atoms with van der Waals surface area (Å²) in [6.45, 7) is 4.64. The second-order valence-electron chi connectivity index (χ2n) is 4.60. The zero-order valence-electron chi connectivity index (χ0n) is 13.1. The highest BCUT2D eigenvalue weighted by molar-refractivity contribution is 5.95. The molecule has 2 rings (SSSR count). The van der Waals surface area contributed by atoms with E-state index in [4.69, 9.17) is 20.5 Å². The van der Waals surface area contributed by atoms with Gasteiger partial charge in [0.05, 0.1) is 24.3 Å². The molecule has 0 aliphatic carbocycles. The third kappa shape index (κ3) is 4.88. The minimum Gasteiger partial charge on any atom is -0.461 e. The van der Waals surface area contributed by atoms with Gasteiger partial charge in [-0.3, -0.25) is 0 Å². The average Bonchev–Trinajstić information content (AvgIpc) is 2.98. The highest BCUT2D eigenvalue weighted by Gasteiger charge is 2.10. The number of aromatic nitrogens is 1. The fraction of sp³-hybridized carbons (Fsp3) is 0.375. The SMILES string of the molecule is CCOC(=O)c1cc2cc(C#N)ccc2[nH]1.COC(C)CN. The summed E-state index contributed by atoms with van der Waals surface area (Å²) < 4.78 is 9.65. The van der Waals surface area contributed by atoms with Crippen LogP contribution >= 0.6 is 0 Å². The Morgan fingerprint density at radius 1 is 1.45 bits per heavy atom. The first kappa shape index (κ1) is 17.7. The van der Waals surface area contributed by atoms with Gasteiger partial charge in [-0.15, -0.1) is 0 Å². The Hall–Kier alpha value is -2.36. The van der Waals surface area contributed by atoms with Gasteiger partial charge >= 0.3 is 5.97 Å². The number of hydrogen-bond acceptors (Lipinski definition) is 5. The summed E-state index contributed by atoms with van der Waals surface area (Å²) in [7, 11) is 1.65. The van der Waals surface area contributed by atoms with E-state index < -0.39 is 0 Å². The average molecular weight is 303 g/mol. The summed E-state index contributed by atoms with van der Waals surface area (Å²) in [6, 6.07) is 8.95. The van der Waals surface area contributed by atoms with E-state index in [1.165, 1.54) is 0 Å². The first-order valence-electron chi connectivity index (χ1n) is 6.98. The third-order valence-electron chi connectivity index (χ3n) is 2.98. The highest BCUT2D eigenvalue weighted by atomic mass is 16.5. The molecule has 118 valence electrons. The Bertz CT molecular complexity index is 654. The number of benzene rings is 1. The van der Waals surface area contributed by atoms with E-state index in [0.29, 0.717) is 24.4 Å². The van der Waals surface area contributed by atoms with Crippen LogP contribution < -0.4 is 5.73 Å². The van der Waals surface area contributed by atoms with Gasteiger partial charge < -0.3 is 20.2 Å². The van der Waals surface area contributed by atoms with Crippen LogP contribution in [0.15, 0.2) is 24.3 Å². The lowest BCUT2D eigenvalue weighted by atomic mass is 10.2. The lowest BCUT2D eigenvalue weighted by molar-refractivity contribution is 0.0520. The molecule has 0 amide bonds. The number of hydrogen-bond donors (Lipinski definition) is 2. The number of nitrogens with zero attached hydrogens (tertiary/aromatic N) is 1. The molecule has 0 aliphatic rings. The summed E-state index contributed by atoms with van der Waals surface area (Å²) in [5.41, 5.74) is 6.96. The van der Waals surface area contributed by atoms with Crippen molar-refractivity contribution in [3.8, 4) is 6.07 Å². The van der Waals surface area contributed by atoms with Gasteiger partial charge in [-0.1, -0.05) is 0 Å². The van der Waals surface area contributed by atoms with Crippen LogP contribution in [-0.4, -0.2) is 37.3 Å². The topological polar surface area (TPSA) is 101 Å². The molecule has 6 heteroatoms. The third-order valence-corrected chi connectivity index (χ3v) is 2.98. The number of aromatic amines is 1. The van der Waals surface area contributed by atoms with Crippen LogP contribution in [0.25, 0.3) is 10.9 Å². The molecule has 0 bridgehead atoms. The van der Waals surface area contributed by atoms with E-state index in [1.54, 1.807) is 38.3 Å². The number of esters is 1. The molecule has 22 heavy (non-hydrogen) atoms. The van der Waals surface area contributed by atoms with E-state index in [9.17, 15) is 4.79 Å². The molecule has 1 heterocycles. The van der Waals surface area contributed by atoms with Gasteiger partial charge in [0, 0.05) is 24.6 Å². The summed E-state index contributed by atoms with van der Waals surface area (Å²) in [6.07, 6.45) is 0.213. The number of methoxy groups -OCH3 is 1. The molecular formula is C16H21N3O3. The lowest BCUT2D eigenvalue weighted by Gasteiger charge is -2.01. The van der Waals surface area contributed by atoms with Gasteiger partial charge in [0.2, 0.25) is 0 Å². The summed E-state index contributed by atoms with van der Waals surface area (Å²) >= 11 is 0. The summed E-state index contributed by atoms with van der Waals surface area (Å²) in [4.78, 5) is 14.4. The number of H-pyrrole nitrogens is 1. The van der Waals surface area contributed by atoms with Crippen molar-refractivity contribution in [1.82, 2.24) is 4.98 Å². The number of rotatable bonds is 4. The quantitative estimate of drug-likeness (QED) is 0.843. The van der Waals surface area contributed by atoms with Gasteiger partial charge in [-0.2, -0.15) is 5.26 Å². The molecule has 0 fully saturated rings. The summed E-state index contributed by atoms with van der Waals surface area (Å²) in [5, 5.41) is 9.58. The Labute approximate surface area is 129 Å². The van der Waals surface area contributed by atoms with Crippen molar-refractivity contribution in [1.29, 1.82) is 5.26 Å². The molecule has 1 atom stereocenters. The smallest absolute Gasteiger partial charge is 0.354 e. The monoisotopic (exact) mass is 303 g/mol. The zero-order valence-corrected chi connectivity index (χ0v) is 13.1. The molecule has 6 nitrogen and oxygen atoms in total. The van der Waals surface area contributed by atoms with Crippen LogP contribution in [0.4, 0.5) is 0 Å². The number of nitrogens with one attached hydrogen (secondary N) is 1. The van der Waals surface area contributed by atoms with Crippen molar-refractivity contribution in [2.45, 2.75) is 20.0 Å². The molecular weight excluding hydrogens is 282 g/mol. The van der Waals surface area contributed by atoms with Crippen molar-refractivity contribution < 1.29 is 14.3 Å². The number of nitriles is 1. The maximum absolute atomic E-state index is 11.5. The maximum Gasteiger partial charge on any atom is 0.354 e. The lowest BCUT2D eigenvalue weighted by Crippen LogP contribution is -2.17. The molecule has 0 saturated carbocycles. The summed E-state index contributed by atoms with van der Waals surface area (Å²) in [5.74, 6) is -0.378. The minimum atomic E-state index is -0.378. The van der Waals surface area contributed by atoms with Crippen molar-refractivity contribution in [2.75, 3.05) is 20.3 Å². The van der Waals surface area contributed by atoms with E-state index in [-0.39, 0.29) is 12.1 Å². The Balaban J connectivity index is 0.000000346. The molecule has 1 unspecified atom stereocenters. The standard InChI is InChI=1S/C12H10N2O2.C4H11NO/c1-2-16-12(15)11-6-9-5-8(7-13)3-4-10(9)14-11;1-4(3-5)6-2/h3-6,14H,2H2,1H3;4H,3,5H2,1-2H3. The molecule has 0 spiro atoms. The van der Waals surface area contributed by atoms with Crippen molar-refractivity contribution in [2.24, 2.45) is 5.73 Å². The van der Waals surface area contributed by atoms with Gasteiger partial charge in [-0.25, -0.2) is 4.79 Å². The van der Waals surface area contributed by atoms with Crippen LogP contribution in [0.2, 0.25) is 0 Å². The van der Waals surface area contributed by atoms with Crippen LogP contribution in [0.5, 0.6) is 0 Å². The van der Waals surface area contributed by atoms with E-state index in [2.05, 4.69) is 11.1 Å². The van der Waals surface area contributed by atoms with Crippen molar-refractivity contribution >= 4 is 16.9 Å². The first-order valence-corrected chi connectivity index (χ1v) is 6.98. The van der Waals surface area contributed by atoms with Crippen molar-refractivity contribution in [3.63, 3.8) is 0 Å². The fourth-order valence-electron chi connectivity index (χ4n) is 1.62. The number of carbonyl (C=O) groups excluding carboxylic acids is 1. The van der Waals surface area contributed by atoms with E-state index in [0.717, 1.165) is 10.9 Å². The van der Waals surface area contributed by atoms with Crippen LogP contribution in [0.3, 0.4) is 0 Å². The largest absolute Gasteiger partial charge is 0.461 e. The number of carbonyl (C=O) groups is 1. The predicted molar refractivity (Wildman–Crippen MR) is 84.5 cm³/mol. The Kier molecular flexibility index (Phi) is 7.09. The molecule has 2 aromatic rings. The number of fused-ring (bicyclic) bond motifs is 1. The fourth-order valence-corrected chi connectivity index (χ4v) is 1.62.